The summed E-state index contributed by atoms with van der Waals surface area (Å²) in [6.45, 7) is 7.14. The zero-order chi connectivity index (χ0) is 17.4. The maximum absolute atomic E-state index is 12.2. The highest BCUT2D eigenvalue weighted by Crippen LogP contribution is 2.29. The van der Waals surface area contributed by atoms with Gasteiger partial charge in [-0.1, -0.05) is 6.07 Å². The van der Waals surface area contributed by atoms with E-state index in [9.17, 15) is 4.79 Å². The van der Waals surface area contributed by atoms with Crippen molar-refractivity contribution in [3.8, 4) is 0 Å². The van der Waals surface area contributed by atoms with Gasteiger partial charge in [0.05, 0.1) is 23.9 Å². The van der Waals surface area contributed by atoms with Crippen LogP contribution in [-0.2, 0) is 17.8 Å². The van der Waals surface area contributed by atoms with Crippen molar-refractivity contribution in [1.29, 1.82) is 0 Å². The molecule has 3 fully saturated rings. The van der Waals surface area contributed by atoms with Gasteiger partial charge in [0.1, 0.15) is 0 Å². The van der Waals surface area contributed by atoms with Gasteiger partial charge in [-0.25, -0.2) is 4.79 Å². The average molecular weight is 342 g/mol. The van der Waals surface area contributed by atoms with Crippen LogP contribution >= 0.6 is 0 Å². The molecule has 3 saturated heterocycles. The van der Waals surface area contributed by atoms with Crippen molar-refractivity contribution in [1.82, 2.24) is 20.0 Å². The Balaban J connectivity index is 1.63. The van der Waals surface area contributed by atoms with Gasteiger partial charge >= 0.3 is 5.97 Å². The zero-order valence-corrected chi connectivity index (χ0v) is 15.0. The van der Waals surface area contributed by atoms with E-state index >= 15 is 0 Å². The van der Waals surface area contributed by atoms with E-state index in [1.54, 1.807) is 0 Å². The molecule has 2 bridgehead atoms. The van der Waals surface area contributed by atoms with E-state index in [0.717, 1.165) is 35.6 Å². The number of fused-ring (bicyclic) bond motifs is 4. The molecule has 0 radical (unpaired) electrons. The highest BCUT2D eigenvalue weighted by molar-refractivity contribution is 6.04. The summed E-state index contributed by atoms with van der Waals surface area (Å²) in [5.74, 6) is 0.468. The van der Waals surface area contributed by atoms with Crippen LogP contribution in [0, 0.1) is 5.92 Å². The minimum Gasteiger partial charge on any atom is -0.465 e. The number of hydrogen-bond acceptors (Lipinski definition) is 5. The highest BCUT2D eigenvalue weighted by atomic mass is 16.5. The number of methoxy groups -OCH3 is 1. The zero-order valence-electron chi connectivity index (χ0n) is 15.0. The number of nitrogens with zero attached hydrogens (tertiary/aromatic N) is 3. The Morgan fingerprint density at radius 3 is 2.80 bits per heavy atom. The van der Waals surface area contributed by atoms with E-state index in [-0.39, 0.29) is 5.97 Å². The molecule has 6 heteroatoms. The first-order chi connectivity index (χ1) is 12.2. The molecular weight excluding hydrogens is 316 g/mol. The van der Waals surface area contributed by atoms with E-state index < -0.39 is 0 Å². The van der Waals surface area contributed by atoms with E-state index in [1.807, 2.05) is 22.9 Å². The highest BCUT2D eigenvalue weighted by Gasteiger charge is 2.33. The topological polar surface area (TPSA) is 59.4 Å². The van der Waals surface area contributed by atoms with E-state index in [4.69, 9.17) is 9.84 Å². The Morgan fingerprint density at radius 1 is 1.36 bits per heavy atom. The fraction of sp³-hybridized carbons (Fsp3) is 0.579. The molecule has 1 aromatic carbocycles. The van der Waals surface area contributed by atoms with Crippen LogP contribution in [0.1, 0.15) is 35.8 Å². The molecule has 3 aliphatic rings. The maximum atomic E-state index is 12.2. The van der Waals surface area contributed by atoms with Crippen LogP contribution in [0.5, 0.6) is 0 Å². The number of aryl methyl sites for hydroxylation is 1. The Morgan fingerprint density at radius 2 is 2.16 bits per heavy atom. The van der Waals surface area contributed by atoms with Crippen LogP contribution in [0.3, 0.4) is 0 Å². The van der Waals surface area contributed by atoms with Crippen molar-refractivity contribution in [3.63, 3.8) is 0 Å². The molecule has 134 valence electrons. The number of ether oxygens (including phenoxy) is 1. The second kappa shape index (κ2) is 6.77. The van der Waals surface area contributed by atoms with Crippen LogP contribution < -0.4 is 5.32 Å². The second-order valence-electron chi connectivity index (χ2n) is 7.08. The molecule has 0 aliphatic carbocycles. The van der Waals surface area contributed by atoms with E-state index in [0.29, 0.717) is 18.2 Å². The van der Waals surface area contributed by atoms with Gasteiger partial charge in [0, 0.05) is 31.1 Å². The van der Waals surface area contributed by atoms with Gasteiger partial charge in [0.15, 0.2) is 0 Å². The van der Waals surface area contributed by atoms with Gasteiger partial charge in [-0.15, -0.1) is 0 Å². The number of rotatable bonds is 5. The number of esters is 1. The monoisotopic (exact) mass is 342 g/mol. The van der Waals surface area contributed by atoms with Crippen molar-refractivity contribution in [3.05, 3.63) is 29.5 Å². The largest absolute Gasteiger partial charge is 0.465 e. The van der Waals surface area contributed by atoms with Gasteiger partial charge in [0.25, 0.3) is 0 Å². The lowest BCUT2D eigenvalue weighted by molar-refractivity contribution is 0.0603. The molecule has 1 aromatic heterocycles. The van der Waals surface area contributed by atoms with Crippen molar-refractivity contribution >= 4 is 16.9 Å². The first-order valence-electron chi connectivity index (χ1n) is 9.23. The molecule has 6 nitrogen and oxygen atoms in total. The van der Waals surface area contributed by atoms with Crippen molar-refractivity contribution in [2.24, 2.45) is 5.92 Å². The number of aromatic nitrogens is 2. The average Bonchev–Trinajstić information content (AvgIpc) is 3.04. The lowest BCUT2D eigenvalue weighted by Crippen LogP contribution is -2.55. The number of nitrogens with one attached hydrogen (secondary N) is 1. The molecule has 5 rings (SSSR count). The summed E-state index contributed by atoms with van der Waals surface area (Å²) in [5.41, 5.74) is 2.54. The fourth-order valence-corrected chi connectivity index (χ4v) is 4.38. The summed E-state index contributed by atoms with van der Waals surface area (Å²) in [6, 6.07) is 6.27. The third-order valence-electron chi connectivity index (χ3n) is 5.74. The molecule has 4 heterocycles. The van der Waals surface area contributed by atoms with Gasteiger partial charge in [-0.05, 0) is 50.9 Å². The van der Waals surface area contributed by atoms with Crippen LogP contribution in [0.2, 0.25) is 0 Å². The Bertz CT molecular complexity index is 777. The lowest BCUT2D eigenvalue weighted by Gasteiger charge is -2.45. The Hall–Kier alpha value is -1.92. The number of carbonyl (C=O) groups excluding carboxylic acids is 1. The predicted molar refractivity (Wildman–Crippen MR) is 96.5 cm³/mol. The summed E-state index contributed by atoms with van der Waals surface area (Å²) < 4.78 is 6.94. The van der Waals surface area contributed by atoms with Gasteiger partial charge in [-0.3, -0.25) is 4.68 Å². The lowest BCUT2D eigenvalue weighted by atomic mass is 9.84. The Kier molecular flexibility index (Phi) is 4.48. The summed E-state index contributed by atoms with van der Waals surface area (Å²) in [5, 5.41) is 9.40. The molecule has 0 amide bonds. The molecular formula is C19H26N4O2. The van der Waals surface area contributed by atoms with Gasteiger partial charge in [0.2, 0.25) is 0 Å². The quantitative estimate of drug-likeness (QED) is 0.843. The second-order valence-corrected chi connectivity index (χ2v) is 7.08. The predicted octanol–water partition coefficient (Wildman–Crippen LogP) is 2.03. The molecule has 1 atom stereocenters. The number of hydrogen-bond donors (Lipinski definition) is 1. The van der Waals surface area contributed by atoms with Crippen molar-refractivity contribution < 1.29 is 9.53 Å². The van der Waals surface area contributed by atoms with Crippen molar-refractivity contribution in [2.75, 3.05) is 26.7 Å². The Labute approximate surface area is 148 Å². The minimum absolute atomic E-state index is 0.301. The molecule has 2 aromatic rings. The molecule has 1 N–H and O–H groups in total. The van der Waals surface area contributed by atoms with Gasteiger partial charge < -0.3 is 15.0 Å². The third kappa shape index (κ3) is 2.93. The van der Waals surface area contributed by atoms with Crippen LogP contribution in [0.25, 0.3) is 10.9 Å². The minimum atomic E-state index is -0.301. The van der Waals surface area contributed by atoms with Gasteiger partial charge in [-0.2, -0.15) is 5.10 Å². The number of benzene rings is 1. The number of carbonyl (C=O) groups is 1. The summed E-state index contributed by atoms with van der Waals surface area (Å²) in [6.07, 6.45) is 2.57. The molecule has 25 heavy (non-hydrogen) atoms. The normalized spacial score (nSPS) is 25.4. The van der Waals surface area contributed by atoms with Crippen LogP contribution in [0.15, 0.2) is 18.2 Å². The summed E-state index contributed by atoms with van der Waals surface area (Å²) in [4.78, 5) is 14.7. The first-order valence-corrected chi connectivity index (χ1v) is 9.23. The standard InChI is InChI=1S/C19H26N4O2/c1-3-23-17-6-4-5-14(19(24)25-2)18(17)15(21-23)11-20-16-12-22-9-7-13(16)8-10-22/h4-6,13,16,20H,3,7-12H2,1-2H3/t16-/m0/s1. The van der Waals surface area contributed by atoms with E-state index in [1.165, 1.54) is 33.0 Å². The van der Waals surface area contributed by atoms with Crippen molar-refractivity contribution in [2.45, 2.75) is 38.9 Å². The van der Waals surface area contributed by atoms with E-state index in [2.05, 4.69) is 17.1 Å². The SMILES string of the molecule is CCn1nc(CN[C@H]2CN3CCC2CC3)c2c(C(=O)OC)cccc21. The number of piperidine rings is 3. The fourth-order valence-electron chi connectivity index (χ4n) is 4.38. The molecule has 0 unspecified atom stereocenters. The summed E-state index contributed by atoms with van der Waals surface area (Å²) >= 11 is 0. The van der Waals surface area contributed by atoms with Crippen LogP contribution in [-0.4, -0.2) is 53.4 Å². The summed E-state index contributed by atoms with van der Waals surface area (Å²) in [7, 11) is 1.43. The molecule has 0 saturated carbocycles. The smallest absolute Gasteiger partial charge is 0.338 e. The first kappa shape index (κ1) is 16.5. The van der Waals surface area contributed by atoms with Crippen LogP contribution in [0.4, 0.5) is 0 Å². The third-order valence-corrected chi connectivity index (χ3v) is 5.74. The maximum Gasteiger partial charge on any atom is 0.338 e. The molecule has 3 aliphatic heterocycles. The molecule has 0 spiro atoms.